The molecular formula is C28H25F2N3O4. The van der Waals surface area contributed by atoms with Gasteiger partial charge in [0.05, 0.1) is 5.54 Å². The predicted molar refractivity (Wildman–Crippen MR) is 130 cm³/mol. The lowest BCUT2D eigenvalue weighted by Gasteiger charge is -2.44. The third-order valence-corrected chi connectivity index (χ3v) is 7.78. The number of hydrogen-bond acceptors (Lipinski definition) is 4. The SMILES string of the molecule is O=C(NCc1ccc(F)cc1F)c1cn2c(c(OCc3ccccc3)c1=O)C(=O)N1CC3CCC1(C3)C2. The number of carbonyl (C=O) groups is 2. The molecule has 3 aromatic rings. The number of fused-ring (bicyclic) bond motifs is 2. The van der Waals surface area contributed by atoms with E-state index in [9.17, 15) is 23.2 Å². The van der Waals surface area contributed by atoms with E-state index in [1.54, 1.807) is 4.57 Å². The smallest absolute Gasteiger partial charge is 0.275 e. The lowest BCUT2D eigenvalue weighted by atomic mass is 9.93. The van der Waals surface area contributed by atoms with Crippen LogP contribution in [0, 0.1) is 17.6 Å². The van der Waals surface area contributed by atoms with Gasteiger partial charge >= 0.3 is 0 Å². The number of carbonyl (C=O) groups excluding carboxylic acids is 2. The summed E-state index contributed by atoms with van der Waals surface area (Å²) in [5.74, 6) is -2.22. The maximum absolute atomic E-state index is 14.1. The molecule has 2 atom stereocenters. The molecule has 37 heavy (non-hydrogen) atoms. The zero-order valence-corrected chi connectivity index (χ0v) is 20.0. The van der Waals surface area contributed by atoms with Crippen molar-refractivity contribution in [3.8, 4) is 5.75 Å². The second-order valence-electron chi connectivity index (χ2n) is 10.1. The third kappa shape index (κ3) is 3.98. The Morgan fingerprint density at radius 1 is 1.14 bits per heavy atom. The Morgan fingerprint density at radius 2 is 1.95 bits per heavy atom. The minimum Gasteiger partial charge on any atom is -0.483 e. The number of rotatable bonds is 6. The van der Waals surface area contributed by atoms with Crippen molar-refractivity contribution in [2.45, 2.75) is 44.5 Å². The van der Waals surface area contributed by atoms with Gasteiger partial charge in [0.1, 0.15) is 23.8 Å². The number of nitrogens with one attached hydrogen (secondary N) is 1. The van der Waals surface area contributed by atoms with Crippen molar-refractivity contribution in [2.24, 2.45) is 5.92 Å². The van der Waals surface area contributed by atoms with Gasteiger partial charge in [-0.05, 0) is 36.8 Å². The molecule has 2 aliphatic heterocycles. The molecule has 3 aliphatic rings. The highest BCUT2D eigenvalue weighted by molar-refractivity contribution is 5.99. The predicted octanol–water partition coefficient (Wildman–Crippen LogP) is 3.64. The molecule has 1 spiro atoms. The molecule has 2 unspecified atom stereocenters. The van der Waals surface area contributed by atoms with Crippen LogP contribution in [-0.4, -0.2) is 33.4 Å². The summed E-state index contributed by atoms with van der Waals surface area (Å²) in [6.45, 7) is 0.955. The second-order valence-corrected chi connectivity index (χ2v) is 10.1. The summed E-state index contributed by atoms with van der Waals surface area (Å²) in [5.41, 5.74) is -0.165. The summed E-state index contributed by atoms with van der Waals surface area (Å²) in [6, 6.07) is 12.3. The average molecular weight is 506 g/mol. The van der Waals surface area contributed by atoms with Crippen molar-refractivity contribution in [2.75, 3.05) is 6.54 Å². The van der Waals surface area contributed by atoms with Gasteiger partial charge in [-0.25, -0.2) is 8.78 Å². The first-order valence-electron chi connectivity index (χ1n) is 12.3. The van der Waals surface area contributed by atoms with Crippen LogP contribution in [0.5, 0.6) is 5.75 Å². The van der Waals surface area contributed by atoms with Gasteiger partial charge in [-0.2, -0.15) is 0 Å². The first-order chi connectivity index (χ1) is 17.8. The van der Waals surface area contributed by atoms with Crippen molar-refractivity contribution in [3.63, 3.8) is 0 Å². The van der Waals surface area contributed by atoms with Gasteiger partial charge in [-0.1, -0.05) is 36.4 Å². The Morgan fingerprint density at radius 3 is 2.70 bits per heavy atom. The second kappa shape index (κ2) is 8.83. The van der Waals surface area contributed by atoms with E-state index in [4.69, 9.17) is 4.74 Å². The Balaban J connectivity index is 1.36. The van der Waals surface area contributed by atoms with Gasteiger partial charge < -0.3 is 19.5 Å². The quantitative estimate of drug-likeness (QED) is 0.555. The monoisotopic (exact) mass is 505 g/mol. The highest BCUT2D eigenvalue weighted by atomic mass is 19.1. The first kappa shape index (κ1) is 23.4. The normalized spacial score (nSPS) is 21.5. The van der Waals surface area contributed by atoms with Crippen LogP contribution < -0.4 is 15.5 Å². The first-order valence-corrected chi connectivity index (χ1v) is 12.3. The lowest BCUT2D eigenvalue weighted by Crippen LogP contribution is -2.56. The molecular weight excluding hydrogens is 480 g/mol. The van der Waals surface area contributed by atoms with Crippen LogP contribution in [-0.2, 0) is 19.7 Å². The van der Waals surface area contributed by atoms with E-state index < -0.39 is 23.0 Å². The minimum atomic E-state index is -0.795. The van der Waals surface area contributed by atoms with Gasteiger partial charge in [0.2, 0.25) is 5.43 Å². The molecule has 2 fully saturated rings. The molecule has 0 radical (unpaired) electrons. The van der Waals surface area contributed by atoms with Crippen molar-refractivity contribution < 1.29 is 23.1 Å². The fourth-order valence-electron chi connectivity index (χ4n) is 5.98. The number of ether oxygens (including phenoxy) is 1. The van der Waals surface area contributed by atoms with Crippen LogP contribution in [0.1, 0.15) is 51.2 Å². The van der Waals surface area contributed by atoms with Crippen molar-refractivity contribution >= 4 is 11.8 Å². The minimum absolute atomic E-state index is 0.0516. The Labute approximate surface area is 211 Å². The number of pyridine rings is 1. The van der Waals surface area contributed by atoms with Gasteiger partial charge in [-0.3, -0.25) is 14.4 Å². The standard InChI is InChI=1S/C28H25F2N3O4/c29-20-7-6-19(22(30)10-20)12-31-26(35)21-14-32-16-28-9-8-18(11-28)13-33(28)27(36)23(32)25(24(21)34)37-15-17-4-2-1-3-5-17/h1-7,10,14,18H,8-9,11-13,15-16H2,(H,31,35). The number of benzene rings is 2. The molecule has 1 saturated carbocycles. The summed E-state index contributed by atoms with van der Waals surface area (Å²) in [7, 11) is 0. The van der Waals surface area contributed by atoms with Crippen LogP contribution >= 0.6 is 0 Å². The van der Waals surface area contributed by atoms with Gasteiger partial charge in [0.15, 0.2) is 11.4 Å². The summed E-state index contributed by atoms with van der Waals surface area (Å²) in [4.78, 5) is 42.2. The zero-order valence-electron chi connectivity index (χ0n) is 20.0. The Bertz CT molecular complexity index is 1470. The maximum Gasteiger partial charge on any atom is 0.275 e. The molecule has 6 rings (SSSR count). The van der Waals surface area contributed by atoms with Crippen LogP contribution in [0.2, 0.25) is 0 Å². The maximum atomic E-state index is 14.1. The van der Waals surface area contributed by atoms with Crippen LogP contribution in [0.15, 0.2) is 59.5 Å². The van der Waals surface area contributed by atoms with Crippen molar-refractivity contribution in [1.29, 1.82) is 0 Å². The highest BCUT2D eigenvalue weighted by Crippen LogP contribution is 2.50. The lowest BCUT2D eigenvalue weighted by molar-refractivity contribution is 0.0394. The molecule has 2 aromatic carbocycles. The Kier molecular flexibility index (Phi) is 5.58. The third-order valence-electron chi connectivity index (χ3n) is 7.78. The molecule has 2 bridgehead atoms. The van der Waals surface area contributed by atoms with E-state index in [2.05, 4.69) is 5.32 Å². The van der Waals surface area contributed by atoms with Gasteiger partial charge in [0.25, 0.3) is 11.8 Å². The largest absolute Gasteiger partial charge is 0.483 e. The number of amides is 2. The summed E-state index contributed by atoms with van der Waals surface area (Å²) in [5, 5.41) is 2.55. The molecule has 7 nitrogen and oxygen atoms in total. The van der Waals surface area contributed by atoms with E-state index in [1.807, 2.05) is 35.2 Å². The molecule has 3 heterocycles. The Hall–Kier alpha value is -4.01. The van der Waals surface area contributed by atoms with E-state index in [1.165, 1.54) is 12.3 Å². The summed E-state index contributed by atoms with van der Waals surface area (Å²) >= 11 is 0. The molecule has 1 aliphatic carbocycles. The van der Waals surface area contributed by atoms with E-state index in [-0.39, 0.29) is 47.2 Å². The molecule has 190 valence electrons. The number of hydrogen-bond donors (Lipinski definition) is 1. The fourth-order valence-corrected chi connectivity index (χ4v) is 5.98. The van der Waals surface area contributed by atoms with E-state index in [0.29, 0.717) is 19.0 Å². The van der Waals surface area contributed by atoms with Gasteiger partial charge in [-0.15, -0.1) is 0 Å². The van der Waals surface area contributed by atoms with E-state index in [0.717, 1.165) is 37.0 Å². The molecule has 9 heteroatoms. The number of halogens is 2. The zero-order chi connectivity index (χ0) is 25.7. The molecule has 1 aromatic heterocycles. The van der Waals surface area contributed by atoms with Crippen LogP contribution in [0.3, 0.4) is 0 Å². The van der Waals surface area contributed by atoms with E-state index >= 15 is 0 Å². The van der Waals surface area contributed by atoms with Crippen LogP contribution in [0.4, 0.5) is 8.78 Å². The van der Waals surface area contributed by atoms with Crippen molar-refractivity contribution in [3.05, 3.63) is 99.0 Å². The van der Waals surface area contributed by atoms with Crippen LogP contribution in [0.25, 0.3) is 0 Å². The average Bonchev–Trinajstić information content (AvgIpc) is 3.46. The highest BCUT2D eigenvalue weighted by Gasteiger charge is 2.56. The van der Waals surface area contributed by atoms with Crippen molar-refractivity contribution in [1.82, 2.24) is 14.8 Å². The van der Waals surface area contributed by atoms with Gasteiger partial charge in [0, 0.05) is 37.5 Å². The fraction of sp³-hybridized carbons (Fsp3) is 0.321. The molecule has 1 N–H and O–H groups in total. The number of nitrogens with zero attached hydrogens (tertiary/aromatic N) is 2. The topological polar surface area (TPSA) is 80.6 Å². The molecule has 2 amide bonds. The summed E-state index contributed by atoms with van der Waals surface area (Å²) in [6.07, 6.45) is 4.24. The number of aromatic nitrogens is 1. The number of piperidine rings is 1. The molecule has 1 saturated heterocycles. The summed E-state index contributed by atoms with van der Waals surface area (Å²) < 4.78 is 34.9.